The van der Waals surface area contributed by atoms with E-state index in [0.29, 0.717) is 0 Å². The monoisotopic (exact) mass is 253 g/mol. The molecule has 0 radical (unpaired) electrons. The van der Waals surface area contributed by atoms with E-state index >= 15 is 0 Å². The summed E-state index contributed by atoms with van der Waals surface area (Å²) in [6, 6.07) is 6.55. The molecule has 1 heterocycles. The highest BCUT2D eigenvalue weighted by Gasteiger charge is 2.11. The number of nitrogens with one attached hydrogen (secondary N) is 1. The second-order valence-electron chi connectivity index (χ2n) is 4.44. The van der Waals surface area contributed by atoms with Crippen LogP contribution < -0.4 is 10.1 Å². The van der Waals surface area contributed by atoms with Crippen molar-refractivity contribution in [2.45, 2.75) is 25.7 Å². The molecule has 2 rings (SSSR count). The molecule has 0 bridgehead atoms. The number of hydrogen-bond acceptors (Lipinski definition) is 2. The average Bonchev–Trinajstić information content (AvgIpc) is 2.81. The van der Waals surface area contributed by atoms with Gasteiger partial charge in [0.25, 0.3) is 0 Å². The molecule has 1 aromatic carbocycles. The zero-order valence-electron chi connectivity index (χ0n) is 10.2. The molecule has 94 valence electrons. The molecule has 1 aromatic rings. The first kappa shape index (κ1) is 12.7. The minimum Gasteiger partial charge on any atom is -0.493 e. The zero-order valence-corrected chi connectivity index (χ0v) is 10.9. The molecule has 0 saturated carbocycles. The quantitative estimate of drug-likeness (QED) is 0.596. The molecule has 0 spiro atoms. The van der Waals surface area contributed by atoms with Gasteiger partial charge in [0.2, 0.25) is 0 Å². The van der Waals surface area contributed by atoms with E-state index in [4.69, 9.17) is 16.3 Å². The maximum absolute atomic E-state index is 5.62. The van der Waals surface area contributed by atoms with Crippen LogP contribution in [0.4, 0.5) is 0 Å². The van der Waals surface area contributed by atoms with Crippen molar-refractivity contribution in [1.29, 1.82) is 0 Å². The van der Waals surface area contributed by atoms with E-state index in [1.807, 2.05) is 0 Å². The van der Waals surface area contributed by atoms with Crippen LogP contribution in [0, 0.1) is 0 Å². The van der Waals surface area contributed by atoms with Gasteiger partial charge in [0.05, 0.1) is 6.61 Å². The lowest BCUT2D eigenvalue weighted by Crippen LogP contribution is -2.18. The van der Waals surface area contributed by atoms with Crippen LogP contribution in [0.15, 0.2) is 18.2 Å². The van der Waals surface area contributed by atoms with Crippen LogP contribution in [-0.2, 0) is 12.8 Å². The summed E-state index contributed by atoms with van der Waals surface area (Å²) in [5.41, 5.74) is 2.77. The average molecular weight is 254 g/mol. The Bertz CT molecular complexity index is 354. The summed E-state index contributed by atoms with van der Waals surface area (Å²) >= 11 is 5.62. The van der Waals surface area contributed by atoms with E-state index < -0.39 is 0 Å². The normalized spacial score (nSPS) is 13.5. The van der Waals surface area contributed by atoms with E-state index in [2.05, 4.69) is 23.5 Å². The fraction of sp³-hybridized carbons (Fsp3) is 0.571. The summed E-state index contributed by atoms with van der Waals surface area (Å²) in [5.74, 6) is 1.84. The predicted octanol–water partition coefficient (Wildman–Crippen LogP) is 2.77. The minimum atomic E-state index is 0.770. The van der Waals surface area contributed by atoms with Gasteiger partial charge in [-0.05, 0) is 49.5 Å². The Labute approximate surface area is 108 Å². The van der Waals surface area contributed by atoms with E-state index in [0.717, 1.165) is 50.6 Å². The van der Waals surface area contributed by atoms with Crippen molar-refractivity contribution in [3.05, 3.63) is 29.3 Å². The Balaban J connectivity index is 1.69. The van der Waals surface area contributed by atoms with Gasteiger partial charge in [0.15, 0.2) is 0 Å². The number of halogens is 1. The topological polar surface area (TPSA) is 21.3 Å². The molecule has 0 unspecified atom stereocenters. The molecular weight excluding hydrogens is 234 g/mol. The zero-order chi connectivity index (χ0) is 11.9. The van der Waals surface area contributed by atoms with Crippen molar-refractivity contribution < 1.29 is 4.74 Å². The van der Waals surface area contributed by atoms with Gasteiger partial charge < -0.3 is 10.1 Å². The summed E-state index contributed by atoms with van der Waals surface area (Å²) in [4.78, 5) is 0. The highest BCUT2D eigenvalue weighted by Crippen LogP contribution is 2.25. The molecule has 1 aliphatic heterocycles. The lowest BCUT2D eigenvalue weighted by atomic mass is 10.1. The van der Waals surface area contributed by atoms with Crippen LogP contribution in [-0.4, -0.2) is 25.6 Å². The van der Waals surface area contributed by atoms with Crippen molar-refractivity contribution >= 4 is 11.6 Å². The van der Waals surface area contributed by atoms with Crippen LogP contribution in [0.3, 0.4) is 0 Å². The smallest absolute Gasteiger partial charge is 0.122 e. The third-order valence-corrected chi connectivity index (χ3v) is 3.35. The summed E-state index contributed by atoms with van der Waals surface area (Å²) in [6.07, 6.45) is 4.42. The third-order valence-electron chi connectivity index (χ3n) is 3.08. The van der Waals surface area contributed by atoms with Crippen molar-refractivity contribution in [1.82, 2.24) is 5.32 Å². The van der Waals surface area contributed by atoms with Gasteiger partial charge in [-0.15, -0.1) is 11.6 Å². The number of ether oxygens (including phenoxy) is 1. The van der Waals surface area contributed by atoms with E-state index in [1.165, 1.54) is 17.5 Å². The second-order valence-corrected chi connectivity index (χ2v) is 4.81. The van der Waals surface area contributed by atoms with Crippen LogP contribution in [0.25, 0.3) is 0 Å². The first-order valence-electron chi connectivity index (χ1n) is 6.41. The first-order chi connectivity index (χ1) is 8.40. The molecular formula is C14H20ClNO. The van der Waals surface area contributed by atoms with Gasteiger partial charge >= 0.3 is 0 Å². The van der Waals surface area contributed by atoms with Crippen LogP contribution in [0.5, 0.6) is 5.75 Å². The molecule has 1 N–H and O–H groups in total. The van der Waals surface area contributed by atoms with Gasteiger partial charge in [-0.3, -0.25) is 0 Å². The number of alkyl halides is 1. The Morgan fingerprint density at radius 3 is 3.06 bits per heavy atom. The lowest BCUT2D eigenvalue weighted by Gasteiger charge is -2.06. The van der Waals surface area contributed by atoms with Crippen molar-refractivity contribution in [2.24, 2.45) is 0 Å². The number of benzene rings is 1. The summed E-state index contributed by atoms with van der Waals surface area (Å²) in [7, 11) is 0. The molecule has 0 amide bonds. The highest BCUT2D eigenvalue weighted by atomic mass is 35.5. The molecule has 0 saturated heterocycles. The highest BCUT2D eigenvalue weighted by molar-refractivity contribution is 6.17. The molecule has 0 aromatic heterocycles. The fourth-order valence-corrected chi connectivity index (χ4v) is 2.29. The largest absolute Gasteiger partial charge is 0.493 e. The molecule has 1 aliphatic rings. The Morgan fingerprint density at radius 2 is 2.18 bits per heavy atom. The summed E-state index contributed by atoms with van der Waals surface area (Å²) in [6.45, 7) is 2.96. The number of rotatable bonds is 7. The Kier molecular flexibility index (Phi) is 5.14. The lowest BCUT2D eigenvalue weighted by molar-refractivity contribution is 0.357. The number of unbranched alkanes of at least 4 members (excludes halogenated alkanes) is 1. The maximum atomic E-state index is 5.62. The van der Waals surface area contributed by atoms with E-state index in [1.54, 1.807) is 0 Å². The SMILES string of the molecule is ClCCCCNCCc1ccc2c(c1)CCO2. The van der Waals surface area contributed by atoms with E-state index in [9.17, 15) is 0 Å². The summed E-state index contributed by atoms with van der Waals surface area (Å²) in [5, 5.41) is 3.45. The number of fused-ring (bicyclic) bond motifs is 1. The molecule has 0 aliphatic carbocycles. The first-order valence-corrected chi connectivity index (χ1v) is 6.95. The maximum Gasteiger partial charge on any atom is 0.122 e. The van der Waals surface area contributed by atoms with E-state index in [-0.39, 0.29) is 0 Å². The molecule has 3 heteroatoms. The van der Waals surface area contributed by atoms with Gasteiger partial charge in [0, 0.05) is 12.3 Å². The van der Waals surface area contributed by atoms with Crippen molar-refractivity contribution in [3.8, 4) is 5.75 Å². The second kappa shape index (κ2) is 6.87. The molecule has 17 heavy (non-hydrogen) atoms. The fourth-order valence-electron chi connectivity index (χ4n) is 2.10. The minimum absolute atomic E-state index is 0.770. The van der Waals surface area contributed by atoms with Gasteiger partial charge in [-0.25, -0.2) is 0 Å². The van der Waals surface area contributed by atoms with Gasteiger partial charge in [-0.1, -0.05) is 12.1 Å². The molecule has 2 nitrogen and oxygen atoms in total. The standard InChI is InChI=1S/C14H20ClNO/c15-7-1-2-8-16-9-5-12-3-4-14-13(11-12)6-10-17-14/h3-4,11,16H,1-2,5-10H2. The van der Waals surface area contributed by atoms with Gasteiger partial charge in [-0.2, -0.15) is 0 Å². The van der Waals surface area contributed by atoms with Crippen LogP contribution >= 0.6 is 11.6 Å². The number of hydrogen-bond donors (Lipinski definition) is 1. The molecule has 0 atom stereocenters. The predicted molar refractivity (Wildman–Crippen MR) is 72.2 cm³/mol. The van der Waals surface area contributed by atoms with Gasteiger partial charge in [0.1, 0.15) is 5.75 Å². The van der Waals surface area contributed by atoms with Crippen LogP contribution in [0.1, 0.15) is 24.0 Å². The van der Waals surface area contributed by atoms with Crippen LogP contribution in [0.2, 0.25) is 0 Å². The van der Waals surface area contributed by atoms with Crippen molar-refractivity contribution in [3.63, 3.8) is 0 Å². The Hall–Kier alpha value is -0.730. The molecule has 0 fully saturated rings. The van der Waals surface area contributed by atoms with Crippen molar-refractivity contribution in [2.75, 3.05) is 25.6 Å². The third kappa shape index (κ3) is 3.90. The summed E-state index contributed by atoms with van der Waals surface area (Å²) < 4.78 is 5.50. The Morgan fingerprint density at radius 1 is 1.24 bits per heavy atom.